The van der Waals surface area contributed by atoms with Crippen LogP contribution in [0.4, 0.5) is 8.78 Å². The maximum atomic E-state index is 14.1. The number of rotatable bonds is 3. The SMILES string of the molecule is OCc1cnc2c(c1)c1ccccc1n2Cc1ccc(F)cc1F. The molecule has 0 aliphatic rings. The van der Waals surface area contributed by atoms with E-state index in [1.807, 2.05) is 34.9 Å². The first-order valence-electron chi connectivity index (χ1n) is 7.58. The zero-order valence-corrected chi connectivity index (χ0v) is 12.7. The van der Waals surface area contributed by atoms with Gasteiger partial charge in [-0.2, -0.15) is 0 Å². The van der Waals surface area contributed by atoms with E-state index < -0.39 is 11.6 Å². The van der Waals surface area contributed by atoms with Gasteiger partial charge in [-0.25, -0.2) is 13.8 Å². The smallest absolute Gasteiger partial charge is 0.141 e. The van der Waals surface area contributed by atoms with E-state index in [0.717, 1.165) is 27.9 Å². The number of aliphatic hydroxyl groups excluding tert-OH is 1. The zero-order chi connectivity index (χ0) is 16.7. The first-order chi connectivity index (χ1) is 11.7. The van der Waals surface area contributed by atoms with Gasteiger partial charge in [-0.3, -0.25) is 0 Å². The van der Waals surface area contributed by atoms with Gasteiger partial charge < -0.3 is 9.67 Å². The minimum Gasteiger partial charge on any atom is -0.392 e. The van der Waals surface area contributed by atoms with E-state index in [-0.39, 0.29) is 13.2 Å². The topological polar surface area (TPSA) is 38.1 Å². The van der Waals surface area contributed by atoms with Gasteiger partial charge in [0.1, 0.15) is 17.3 Å². The van der Waals surface area contributed by atoms with Crippen LogP contribution < -0.4 is 0 Å². The minimum absolute atomic E-state index is 0.0883. The molecule has 0 radical (unpaired) electrons. The molecule has 0 unspecified atom stereocenters. The Kier molecular flexibility index (Phi) is 3.50. The fourth-order valence-corrected chi connectivity index (χ4v) is 3.03. The van der Waals surface area contributed by atoms with Gasteiger partial charge in [0.25, 0.3) is 0 Å². The summed E-state index contributed by atoms with van der Waals surface area (Å²) in [5, 5.41) is 11.2. The fraction of sp³-hybridized carbons (Fsp3) is 0.105. The second kappa shape index (κ2) is 5.69. The average Bonchev–Trinajstić information content (AvgIpc) is 2.91. The third kappa shape index (κ3) is 2.34. The van der Waals surface area contributed by atoms with Crippen molar-refractivity contribution in [3.05, 3.63) is 77.5 Å². The summed E-state index contributed by atoms with van der Waals surface area (Å²) in [6.45, 7) is 0.163. The molecule has 5 heteroatoms. The fourth-order valence-electron chi connectivity index (χ4n) is 3.03. The van der Waals surface area contributed by atoms with Crippen molar-refractivity contribution in [2.75, 3.05) is 0 Å². The van der Waals surface area contributed by atoms with Crippen molar-refractivity contribution in [3.63, 3.8) is 0 Å². The van der Waals surface area contributed by atoms with E-state index >= 15 is 0 Å². The molecule has 0 bridgehead atoms. The quantitative estimate of drug-likeness (QED) is 0.618. The highest BCUT2D eigenvalue weighted by Gasteiger charge is 2.14. The minimum atomic E-state index is -0.593. The molecule has 24 heavy (non-hydrogen) atoms. The summed E-state index contributed by atoms with van der Waals surface area (Å²) in [6.07, 6.45) is 1.61. The molecule has 0 aliphatic heterocycles. The molecular weight excluding hydrogens is 310 g/mol. The Labute approximate surface area is 136 Å². The third-order valence-corrected chi connectivity index (χ3v) is 4.19. The number of benzene rings is 2. The largest absolute Gasteiger partial charge is 0.392 e. The molecule has 0 aliphatic carbocycles. The van der Waals surface area contributed by atoms with Crippen LogP contribution in [-0.2, 0) is 13.2 Å². The first kappa shape index (κ1) is 14.8. The van der Waals surface area contributed by atoms with Crippen molar-refractivity contribution in [1.29, 1.82) is 0 Å². The summed E-state index contributed by atoms with van der Waals surface area (Å²) < 4.78 is 29.1. The maximum Gasteiger partial charge on any atom is 0.141 e. The summed E-state index contributed by atoms with van der Waals surface area (Å²) in [5.74, 6) is -1.17. The molecule has 4 aromatic rings. The lowest BCUT2D eigenvalue weighted by molar-refractivity contribution is 0.281. The second-order valence-electron chi connectivity index (χ2n) is 5.71. The Balaban J connectivity index is 1.95. The molecule has 0 fully saturated rings. The number of aliphatic hydroxyl groups is 1. The lowest BCUT2D eigenvalue weighted by atomic mass is 10.1. The number of pyridine rings is 1. The molecular formula is C19H14F2N2O. The van der Waals surface area contributed by atoms with Crippen LogP contribution in [0.1, 0.15) is 11.1 Å². The number of para-hydroxylation sites is 1. The second-order valence-corrected chi connectivity index (χ2v) is 5.71. The standard InChI is InChI=1S/C19H14F2N2O/c20-14-6-5-13(17(21)8-14)10-23-18-4-2-1-3-15(18)16-7-12(11-24)9-22-19(16)23/h1-9,24H,10-11H2. The van der Waals surface area contributed by atoms with Crippen molar-refractivity contribution in [1.82, 2.24) is 9.55 Å². The number of aromatic nitrogens is 2. The Morgan fingerprint density at radius 1 is 1.00 bits per heavy atom. The van der Waals surface area contributed by atoms with E-state index in [1.54, 1.807) is 6.20 Å². The Bertz CT molecular complexity index is 1060. The van der Waals surface area contributed by atoms with Crippen molar-refractivity contribution in [2.24, 2.45) is 0 Å². The van der Waals surface area contributed by atoms with Crippen LogP contribution in [0.2, 0.25) is 0 Å². The molecule has 0 saturated carbocycles. The summed E-state index contributed by atoms with van der Waals surface area (Å²) in [4.78, 5) is 4.44. The molecule has 0 spiro atoms. The first-order valence-corrected chi connectivity index (χ1v) is 7.58. The van der Waals surface area contributed by atoms with E-state index in [9.17, 15) is 13.9 Å². The zero-order valence-electron chi connectivity index (χ0n) is 12.7. The number of hydrogen-bond donors (Lipinski definition) is 1. The lowest BCUT2D eigenvalue weighted by Crippen LogP contribution is -2.03. The predicted molar refractivity (Wildman–Crippen MR) is 88.6 cm³/mol. The van der Waals surface area contributed by atoms with Crippen LogP contribution in [0.3, 0.4) is 0 Å². The monoisotopic (exact) mass is 324 g/mol. The van der Waals surface area contributed by atoms with Crippen molar-refractivity contribution in [3.8, 4) is 0 Å². The van der Waals surface area contributed by atoms with Crippen LogP contribution in [0.15, 0.2) is 54.7 Å². The molecule has 2 aromatic carbocycles. The molecule has 0 saturated heterocycles. The van der Waals surface area contributed by atoms with Gasteiger partial charge in [0.2, 0.25) is 0 Å². The Morgan fingerprint density at radius 3 is 2.62 bits per heavy atom. The third-order valence-electron chi connectivity index (χ3n) is 4.19. The molecule has 120 valence electrons. The van der Waals surface area contributed by atoms with Gasteiger partial charge in [0.15, 0.2) is 0 Å². The summed E-state index contributed by atoms with van der Waals surface area (Å²) in [7, 11) is 0. The molecule has 2 heterocycles. The molecule has 0 amide bonds. The van der Waals surface area contributed by atoms with E-state index in [4.69, 9.17) is 0 Å². The van der Waals surface area contributed by atoms with Crippen LogP contribution in [0, 0.1) is 11.6 Å². The van der Waals surface area contributed by atoms with Crippen LogP contribution in [0.5, 0.6) is 0 Å². The van der Waals surface area contributed by atoms with Crippen molar-refractivity contribution >= 4 is 21.9 Å². The molecule has 0 atom stereocenters. The Morgan fingerprint density at radius 2 is 1.83 bits per heavy atom. The van der Waals surface area contributed by atoms with Crippen molar-refractivity contribution in [2.45, 2.75) is 13.2 Å². The number of hydrogen-bond acceptors (Lipinski definition) is 2. The predicted octanol–water partition coefficient (Wildman–Crippen LogP) is 4.01. The molecule has 4 rings (SSSR count). The lowest BCUT2D eigenvalue weighted by Gasteiger charge is -2.08. The van der Waals surface area contributed by atoms with Gasteiger partial charge in [0.05, 0.1) is 18.7 Å². The number of fused-ring (bicyclic) bond motifs is 3. The highest BCUT2D eigenvalue weighted by molar-refractivity contribution is 6.06. The van der Waals surface area contributed by atoms with E-state index in [2.05, 4.69) is 4.98 Å². The van der Waals surface area contributed by atoms with Crippen LogP contribution in [-0.4, -0.2) is 14.7 Å². The molecule has 1 N–H and O–H groups in total. The van der Waals surface area contributed by atoms with Crippen LogP contribution in [0.25, 0.3) is 21.9 Å². The molecule has 3 nitrogen and oxygen atoms in total. The maximum absolute atomic E-state index is 14.1. The van der Waals surface area contributed by atoms with E-state index in [1.165, 1.54) is 12.1 Å². The summed E-state index contributed by atoms with van der Waals surface area (Å²) in [6, 6.07) is 13.2. The van der Waals surface area contributed by atoms with E-state index in [0.29, 0.717) is 11.2 Å². The van der Waals surface area contributed by atoms with Crippen molar-refractivity contribution < 1.29 is 13.9 Å². The van der Waals surface area contributed by atoms with Crippen LogP contribution >= 0.6 is 0 Å². The number of nitrogens with zero attached hydrogens (tertiary/aromatic N) is 2. The highest BCUT2D eigenvalue weighted by atomic mass is 19.1. The Hall–Kier alpha value is -2.79. The van der Waals surface area contributed by atoms with Gasteiger partial charge in [0, 0.05) is 28.6 Å². The number of halogens is 2. The van der Waals surface area contributed by atoms with Gasteiger partial charge >= 0.3 is 0 Å². The van der Waals surface area contributed by atoms with Gasteiger partial charge in [-0.15, -0.1) is 0 Å². The summed E-state index contributed by atoms with van der Waals surface area (Å²) >= 11 is 0. The normalized spacial score (nSPS) is 11.5. The average molecular weight is 324 g/mol. The summed E-state index contributed by atoms with van der Waals surface area (Å²) in [5.41, 5.74) is 2.74. The van der Waals surface area contributed by atoms with Gasteiger partial charge in [-0.1, -0.05) is 24.3 Å². The highest BCUT2D eigenvalue weighted by Crippen LogP contribution is 2.29. The molecule has 2 aromatic heterocycles. The van der Waals surface area contributed by atoms with Gasteiger partial charge in [-0.05, 0) is 23.8 Å².